The van der Waals surface area contributed by atoms with Gasteiger partial charge in [-0.05, 0) is 80.8 Å². The summed E-state index contributed by atoms with van der Waals surface area (Å²) in [6, 6.07) is 17.0. The third-order valence-electron chi connectivity index (χ3n) is 6.89. The number of nitrogens with zero attached hydrogens (tertiary/aromatic N) is 2. The van der Waals surface area contributed by atoms with E-state index in [1.54, 1.807) is 61.5 Å². The van der Waals surface area contributed by atoms with Crippen LogP contribution in [0.2, 0.25) is 10.0 Å². The number of carbonyl (C=O) groups excluding carboxylic acids is 2. The molecule has 1 atom stereocenters. The standard InChI is InChI=1S/C32H39Cl2N3O5S/c1-5-8-19-35-32(39)30(6-2)36(21-24-11-12-25(33)20-29(24)34)31(38)22-37(26-13-15-27(16-14-26)42-7-3)43(40,41)28-17-9-23(4)10-18-28/h9-18,20,30H,5-8,19,21-22H2,1-4H3,(H,35,39)/t30-/m1/s1. The van der Waals surface area contributed by atoms with Crippen molar-refractivity contribution >= 4 is 50.7 Å². The highest BCUT2D eigenvalue weighted by molar-refractivity contribution is 7.92. The molecule has 0 radical (unpaired) electrons. The molecule has 0 saturated carbocycles. The number of sulfonamides is 1. The molecule has 0 aliphatic carbocycles. The van der Waals surface area contributed by atoms with E-state index in [9.17, 15) is 18.0 Å². The number of amides is 2. The molecule has 2 amide bonds. The number of anilines is 1. The monoisotopic (exact) mass is 647 g/mol. The average Bonchev–Trinajstić information content (AvgIpc) is 2.97. The van der Waals surface area contributed by atoms with Crippen molar-refractivity contribution in [1.29, 1.82) is 0 Å². The first kappa shape index (κ1) is 34.2. The van der Waals surface area contributed by atoms with Gasteiger partial charge in [0.05, 0.1) is 17.2 Å². The normalized spacial score (nSPS) is 12.0. The zero-order chi connectivity index (χ0) is 31.6. The molecule has 0 heterocycles. The molecule has 0 fully saturated rings. The van der Waals surface area contributed by atoms with Crippen LogP contribution in [-0.2, 0) is 26.2 Å². The summed E-state index contributed by atoms with van der Waals surface area (Å²) in [4.78, 5) is 28.9. The fourth-order valence-corrected chi connectivity index (χ4v) is 6.38. The van der Waals surface area contributed by atoms with Gasteiger partial charge in [0.1, 0.15) is 18.3 Å². The molecule has 3 aromatic rings. The summed E-state index contributed by atoms with van der Waals surface area (Å²) in [7, 11) is -4.18. The summed E-state index contributed by atoms with van der Waals surface area (Å²) in [5.74, 6) is -0.310. The number of ether oxygens (including phenoxy) is 1. The van der Waals surface area contributed by atoms with Crippen LogP contribution >= 0.6 is 23.2 Å². The highest BCUT2D eigenvalue weighted by Gasteiger charge is 2.34. The van der Waals surface area contributed by atoms with E-state index in [-0.39, 0.29) is 23.0 Å². The predicted octanol–water partition coefficient (Wildman–Crippen LogP) is 6.62. The zero-order valence-electron chi connectivity index (χ0n) is 25.0. The second-order valence-electron chi connectivity index (χ2n) is 10.1. The first-order chi connectivity index (χ1) is 20.5. The number of hydrogen-bond donors (Lipinski definition) is 1. The van der Waals surface area contributed by atoms with Gasteiger partial charge in [0, 0.05) is 23.1 Å². The Bertz CT molecular complexity index is 1480. The van der Waals surface area contributed by atoms with E-state index >= 15 is 0 Å². The lowest BCUT2D eigenvalue weighted by molar-refractivity contribution is -0.140. The van der Waals surface area contributed by atoms with Crippen molar-refractivity contribution in [2.75, 3.05) is 24.0 Å². The number of halogens is 2. The highest BCUT2D eigenvalue weighted by Crippen LogP contribution is 2.28. The second-order valence-corrected chi connectivity index (χ2v) is 12.8. The van der Waals surface area contributed by atoms with Crippen molar-refractivity contribution in [2.45, 2.75) is 64.4 Å². The van der Waals surface area contributed by atoms with Crippen LogP contribution in [0.5, 0.6) is 5.75 Å². The Hall–Kier alpha value is -3.27. The number of rotatable bonds is 15. The molecule has 0 bridgehead atoms. The molecule has 0 unspecified atom stereocenters. The maximum Gasteiger partial charge on any atom is 0.264 e. The van der Waals surface area contributed by atoms with Crippen LogP contribution in [0.3, 0.4) is 0 Å². The van der Waals surface area contributed by atoms with Crippen LogP contribution in [0, 0.1) is 6.92 Å². The number of nitrogens with one attached hydrogen (secondary N) is 1. The van der Waals surface area contributed by atoms with Gasteiger partial charge < -0.3 is 15.0 Å². The molecule has 3 aromatic carbocycles. The minimum absolute atomic E-state index is 0.0176. The lowest BCUT2D eigenvalue weighted by Crippen LogP contribution is -2.52. The first-order valence-electron chi connectivity index (χ1n) is 14.3. The van der Waals surface area contributed by atoms with Gasteiger partial charge in [-0.2, -0.15) is 0 Å². The molecule has 8 nitrogen and oxygen atoms in total. The number of carbonyl (C=O) groups is 2. The maximum atomic E-state index is 14.2. The first-order valence-corrected chi connectivity index (χ1v) is 16.5. The molecule has 0 aliphatic heterocycles. The molecular weight excluding hydrogens is 609 g/mol. The third kappa shape index (κ3) is 9.11. The second kappa shape index (κ2) is 16.0. The van der Waals surface area contributed by atoms with Crippen LogP contribution in [0.25, 0.3) is 0 Å². The van der Waals surface area contributed by atoms with Crippen molar-refractivity contribution in [3.05, 3.63) is 87.9 Å². The Morgan fingerprint density at radius 2 is 1.63 bits per heavy atom. The Labute approximate surface area is 265 Å². The minimum atomic E-state index is -4.18. The van der Waals surface area contributed by atoms with Gasteiger partial charge in [-0.3, -0.25) is 13.9 Å². The molecule has 11 heteroatoms. The summed E-state index contributed by atoms with van der Waals surface area (Å²) in [6.45, 7) is 7.89. The van der Waals surface area contributed by atoms with E-state index in [2.05, 4.69) is 5.32 Å². The Morgan fingerprint density at radius 3 is 2.21 bits per heavy atom. The van der Waals surface area contributed by atoms with E-state index in [4.69, 9.17) is 27.9 Å². The molecule has 232 valence electrons. The molecule has 0 saturated heterocycles. The van der Waals surface area contributed by atoms with Crippen LogP contribution < -0.4 is 14.4 Å². The number of unbranched alkanes of at least 4 members (excludes halogenated alkanes) is 1. The fraction of sp³-hybridized carbons (Fsp3) is 0.375. The molecule has 0 aromatic heterocycles. The van der Waals surface area contributed by atoms with Gasteiger partial charge in [0.2, 0.25) is 11.8 Å². The largest absolute Gasteiger partial charge is 0.494 e. The average molecular weight is 649 g/mol. The van der Waals surface area contributed by atoms with Gasteiger partial charge >= 0.3 is 0 Å². The quantitative estimate of drug-likeness (QED) is 0.187. The summed E-state index contributed by atoms with van der Waals surface area (Å²) in [6.07, 6.45) is 2.00. The SMILES string of the molecule is CCCCNC(=O)[C@@H](CC)N(Cc1ccc(Cl)cc1Cl)C(=O)CN(c1ccc(OCC)cc1)S(=O)(=O)c1ccc(C)cc1. The van der Waals surface area contributed by atoms with Gasteiger partial charge in [-0.15, -0.1) is 0 Å². The number of benzene rings is 3. The highest BCUT2D eigenvalue weighted by atomic mass is 35.5. The molecule has 0 spiro atoms. The summed E-state index contributed by atoms with van der Waals surface area (Å²) in [5, 5.41) is 3.68. The summed E-state index contributed by atoms with van der Waals surface area (Å²) >= 11 is 12.6. The minimum Gasteiger partial charge on any atom is -0.494 e. The molecule has 3 rings (SSSR count). The number of aryl methyl sites for hydroxylation is 1. The molecular formula is C32H39Cl2N3O5S. The van der Waals surface area contributed by atoms with Crippen LogP contribution in [-0.4, -0.2) is 50.9 Å². The predicted molar refractivity (Wildman–Crippen MR) is 172 cm³/mol. The summed E-state index contributed by atoms with van der Waals surface area (Å²) in [5.41, 5.74) is 1.75. The molecule has 1 N–H and O–H groups in total. The van der Waals surface area contributed by atoms with Crippen molar-refractivity contribution in [1.82, 2.24) is 10.2 Å². The van der Waals surface area contributed by atoms with Crippen LogP contribution in [0.4, 0.5) is 5.69 Å². The molecule has 43 heavy (non-hydrogen) atoms. The van der Waals surface area contributed by atoms with E-state index in [1.165, 1.54) is 17.0 Å². The third-order valence-corrected chi connectivity index (χ3v) is 9.27. The zero-order valence-corrected chi connectivity index (χ0v) is 27.3. The maximum absolute atomic E-state index is 14.2. The van der Waals surface area contributed by atoms with Crippen molar-refractivity contribution < 1.29 is 22.7 Å². The lowest BCUT2D eigenvalue weighted by Gasteiger charge is -2.33. The Morgan fingerprint density at radius 1 is 0.953 bits per heavy atom. The topological polar surface area (TPSA) is 96.0 Å². The van der Waals surface area contributed by atoms with E-state index < -0.39 is 28.5 Å². The smallest absolute Gasteiger partial charge is 0.264 e. The van der Waals surface area contributed by atoms with Gasteiger partial charge in [0.25, 0.3) is 10.0 Å². The van der Waals surface area contributed by atoms with E-state index in [0.29, 0.717) is 40.9 Å². The van der Waals surface area contributed by atoms with E-state index in [0.717, 1.165) is 22.7 Å². The Kier molecular flexibility index (Phi) is 12.7. The van der Waals surface area contributed by atoms with Gasteiger partial charge in [-0.1, -0.05) is 67.2 Å². The Balaban J connectivity index is 2.06. The van der Waals surface area contributed by atoms with Gasteiger partial charge in [-0.25, -0.2) is 8.42 Å². The van der Waals surface area contributed by atoms with Crippen molar-refractivity contribution in [3.8, 4) is 5.75 Å². The lowest BCUT2D eigenvalue weighted by atomic mass is 10.1. The van der Waals surface area contributed by atoms with Crippen LogP contribution in [0.1, 0.15) is 51.2 Å². The number of hydrogen-bond acceptors (Lipinski definition) is 5. The summed E-state index contributed by atoms with van der Waals surface area (Å²) < 4.78 is 34.6. The van der Waals surface area contributed by atoms with Crippen molar-refractivity contribution in [2.24, 2.45) is 0 Å². The molecule has 0 aliphatic rings. The van der Waals surface area contributed by atoms with Crippen molar-refractivity contribution in [3.63, 3.8) is 0 Å². The fourth-order valence-electron chi connectivity index (χ4n) is 4.50. The van der Waals surface area contributed by atoms with E-state index in [1.807, 2.05) is 20.8 Å². The van der Waals surface area contributed by atoms with Gasteiger partial charge in [0.15, 0.2) is 0 Å². The van der Waals surface area contributed by atoms with Crippen LogP contribution in [0.15, 0.2) is 71.6 Å².